The van der Waals surface area contributed by atoms with Crippen LogP contribution in [0.5, 0.6) is 0 Å². The average molecular weight is 297 g/mol. The molecule has 2 aromatic carbocycles. The molecule has 0 saturated heterocycles. The van der Waals surface area contributed by atoms with Gasteiger partial charge in [-0.15, -0.1) is 0 Å². The topological polar surface area (TPSA) is 20.2 Å². The lowest BCUT2D eigenvalue weighted by Crippen LogP contribution is -2.30. The summed E-state index contributed by atoms with van der Waals surface area (Å²) in [6.45, 7) is 1.62. The molecule has 20 heavy (non-hydrogen) atoms. The Bertz CT molecular complexity index is 611. The number of aliphatic hydroxyl groups is 1. The fraction of sp³-hybridized carbons (Fsp3) is 0.250. The Hall–Kier alpha value is -1.45. The van der Waals surface area contributed by atoms with E-state index in [0.29, 0.717) is 11.1 Å². The van der Waals surface area contributed by atoms with Crippen molar-refractivity contribution < 1.29 is 13.9 Å². The fourth-order valence-corrected chi connectivity index (χ4v) is 2.41. The van der Waals surface area contributed by atoms with Crippen molar-refractivity contribution >= 4 is 11.6 Å². The number of rotatable bonds is 4. The van der Waals surface area contributed by atoms with Gasteiger partial charge in [-0.1, -0.05) is 35.9 Å². The Labute approximate surface area is 121 Å². The van der Waals surface area contributed by atoms with Gasteiger partial charge in [0.05, 0.1) is 10.6 Å². The summed E-state index contributed by atoms with van der Waals surface area (Å²) < 4.78 is 26.7. The molecule has 1 N–H and O–H groups in total. The van der Waals surface area contributed by atoms with Gasteiger partial charge >= 0.3 is 0 Å². The highest BCUT2D eigenvalue weighted by Gasteiger charge is 2.23. The van der Waals surface area contributed by atoms with E-state index in [1.54, 1.807) is 31.2 Å². The van der Waals surface area contributed by atoms with Gasteiger partial charge in [-0.2, -0.15) is 0 Å². The second-order valence-corrected chi connectivity index (χ2v) is 5.60. The lowest BCUT2D eigenvalue weighted by molar-refractivity contribution is 0.0599. The van der Waals surface area contributed by atoms with Gasteiger partial charge in [0.25, 0.3) is 0 Å². The summed E-state index contributed by atoms with van der Waals surface area (Å²) in [6.07, 6.45) is 0.440. The lowest BCUT2D eigenvalue weighted by atomic mass is 9.89. The van der Waals surface area contributed by atoms with Crippen molar-refractivity contribution in [2.45, 2.75) is 25.4 Å². The fourth-order valence-electron chi connectivity index (χ4n) is 2.20. The van der Waals surface area contributed by atoms with Gasteiger partial charge in [0, 0.05) is 12.8 Å². The Morgan fingerprint density at radius 1 is 1.05 bits per heavy atom. The molecule has 1 unspecified atom stereocenters. The third-order valence-electron chi connectivity index (χ3n) is 3.10. The Kier molecular flexibility index (Phi) is 4.41. The van der Waals surface area contributed by atoms with Crippen LogP contribution in [0, 0.1) is 11.6 Å². The van der Waals surface area contributed by atoms with Crippen molar-refractivity contribution in [2.75, 3.05) is 0 Å². The smallest absolute Gasteiger partial charge is 0.141 e. The van der Waals surface area contributed by atoms with E-state index in [2.05, 4.69) is 0 Å². The number of halogens is 3. The number of hydrogen-bond donors (Lipinski definition) is 1. The minimum absolute atomic E-state index is 0.0178. The quantitative estimate of drug-likeness (QED) is 0.898. The molecule has 0 bridgehead atoms. The van der Waals surface area contributed by atoms with Crippen LogP contribution >= 0.6 is 11.6 Å². The molecule has 0 aliphatic rings. The van der Waals surface area contributed by atoms with Crippen LogP contribution in [0.15, 0.2) is 42.5 Å². The Balaban J connectivity index is 2.14. The van der Waals surface area contributed by atoms with E-state index >= 15 is 0 Å². The zero-order valence-corrected chi connectivity index (χ0v) is 11.8. The maximum Gasteiger partial charge on any atom is 0.141 e. The molecule has 0 saturated carbocycles. The maximum atomic E-state index is 13.6. The molecule has 0 aromatic heterocycles. The molecule has 0 aliphatic carbocycles. The molecule has 2 rings (SSSR count). The highest BCUT2D eigenvalue weighted by Crippen LogP contribution is 2.23. The number of benzene rings is 2. The zero-order valence-electron chi connectivity index (χ0n) is 11.0. The second-order valence-electron chi connectivity index (χ2n) is 5.19. The van der Waals surface area contributed by atoms with Gasteiger partial charge in [0.2, 0.25) is 0 Å². The van der Waals surface area contributed by atoms with Gasteiger partial charge in [0.15, 0.2) is 0 Å². The molecular formula is C16H15ClF2O. The van der Waals surface area contributed by atoms with E-state index in [0.717, 1.165) is 0 Å². The van der Waals surface area contributed by atoms with Crippen LogP contribution in [0.1, 0.15) is 18.1 Å². The average Bonchev–Trinajstić information content (AvgIpc) is 2.36. The first-order valence-electron chi connectivity index (χ1n) is 6.27. The van der Waals surface area contributed by atoms with Gasteiger partial charge in [0.1, 0.15) is 11.6 Å². The predicted octanol–water partition coefficient (Wildman–Crippen LogP) is 4.15. The van der Waals surface area contributed by atoms with E-state index in [9.17, 15) is 13.9 Å². The molecule has 4 heteroatoms. The van der Waals surface area contributed by atoms with Gasteiger partial charge < -0.3 is 5.11 Å². The molecule has 0 spiro atoms. The summed E-state index contributed by atoms with van der Waals surface area (Å²) in [5, 5.41) is 10.4. The van der Waals surface area contributed by atoms with Crippen LogP contribution in [-0.2, 0) is 12.8 Å². The number of hydrogen-bond acceptors (Lipinski definition) is 1. The Morgan fingerprint density at radius 3 is 2.40 bits per heavy atom. The van der Waals surface area contributed by atoms with Crippen molar-refractivity contribution in [1.29, 1.82) is 0 Å². The maximum absolute atomic E-state index is 13.6. The molecule has 0 fully saturated rings. The summed E-state index contributed by atoms with van der Waals surface area (Å²) in [5.74, 6) is -0.839. The first-order chi connectivity index (χ1) is 9.37. The molecular weight excluding hydrogens is 282 g/mol. The van der Waals surface area contributed by atoms with Crippen molar-refractivity contribution in [3.05, 3.63) is 70.2 Å². The van der Waals surface area contributed by atoms with Crippen molar-refractivity contribution in [3.8, 4) is 0 Å². The predicted molar refractivity (Wildman–Crippen MR) is 75.8 cm³/mol. The van der Waals surface area contributed by atoms with Crippen LogP contribution in [0.25, 0.3) is 0 Å². The van der Waals surface area contributed by atoms with E-state index in [1.165, 1.54) is 18.2 Å². The first kappa shape index (κ1) is 14.9. The van der Waals surface area contributed by atoms with E-state index in [4.69, 9.17) is 11.6 Å². The molecule has 0 heterocycles. The van der Waals surface area contributed by atoms with Crippen molar-refractivity contribution in [3.63, 3.8) is 0 Å². The lowest BCUT2D eigenvalue weighted by Gasteiger charge is -2.24. The highest BCUT2D eigenvalue weighted by molar-refractivity contribution is 6.30. The minimum Gasteiger partial charge on any atom is -0.389 e. The normalized spacial score (nSPS) is 14.1. The van der Waals surface area contributed by atoms with E-state index in [-0.39, 0.29) is 23.7 Å². The largest absolute Gasteiger partial charge is 0.389 e. The van der Waals surface area contributed by atoms with Crippen molar-refractivity contribution in [1.82, 2.24) is 0 Å². The second kappa shape index (κ2) is 5.90. The summed E-state index contributed by atoms with van der Waals surface area (Å²) in [4.78, 5) is 0. The molecule has 2 aromatic rings. The van der Waals surface area contributed by atoms with Crippen LogP contribution < -0.4 is 0 Å². The molecule has 106 valence electrons. The third kappa shape index (κ3) is 3.78. The first-order valence-corrected chi connectivity index (χ1v) is 6.65. The van der Waals surface area contributed by atoms with Gasteiger partial charge in [-0.25, -0.2) is 8.78 Å². The third-order valence-corrected chi connectivity index (χ3v) is 3.39. The van der Waals surface area contributed by atoms with Crippen molar-refractivity contribution in [2.24, 2.45) is 0 Å². The van der Waals surface area contributed by atoms with Gasteiger partial charge in [-0.05, 0) is 36.2 Å². The zero-order chi connectivity index (χ0) is 14.8. The molecule has 0 aliphatic heterocycles. The van der Waals surface area contributed by atoms with Gasteiger partial charge in [-0.3, -0.25) is 0 Å². The van der Waals surface area contributed by atoms with E-state index < -0.39 is 11.4 Å². The monoisotopic (exact) mass is 296 g/mol. The van der Waals surface area contributed by atoms with Crippen LogP contribution in [0.2, 0.25) is 5.02 Å². The van der Waals surface area contributed by atoms with Crippen LogP contribution in [0.3, 0.4) is 0 Å². The van der Waals surface area contributed by atoms with Crippen LogP contribution in [-0.4, -0.2) is 10.7 Å². The SMILES string of the molecule is CC(O)(Cc1ccc(F)c(Cl)c1)Cc1ccccc1F. The molecule has 1 nitrogen and oxygen atoms in total. The van der Waals surface area contributed by atoms with Crippen LogP contribution in [0.4, 0.5) is 8.78 Å². The molecule has 1 atom stereocenters. The Morgan fingerprint density at radius 2 is 1.75 bits per heavy atom. The summed E-state index contributed by atoms with van der Waals surface area (Å²) in [6, 6.07) is 10.6. The standard InChI is InChI=1S/C16H15ClF2O/c1-16(20,10-12-4-2-3-5-14(12)18)9-11-6-7-15(19)13(17)8-11/h2-8,20H,9-10H2,1H3. The molecule has 0 amide bonds. The minimum atomic E-state index is -1.14. The molecule has 0 radical (unpaired) electrons. The summed E-state index contributed by atoms with van der Waals surface area (Å²) in [7, 11) is 0. The highest BCUT2D eigenvalue weighted by atomic mass is 35.5. The van der Waals surface area contributed by atoms with E-state index in [1.807, 2.05) is 0 Å². The summed E-state index contributed by atoms with van der Waals surface area (Å²) >= 11 is 5.71. The summed E-state index contributed by atoms with van der Waals surface area (Å²) in [5.41, 5.74) is 0.0204.